The first-order chi connectivity index (χ1) is 16.8. The zero-order chi connectivity index (χ0) is 26.6. The van der Waals surface area contributed by atoms with E-state index >= 15 is 0 Å². The number of aryl methyl sites for hydroxylation is 1. The molecule has 0 fully saturated rings. The number of aromatic nitrogens is 1. The summed E-state index contributed by atoms with van der Waals surface area (Å²) in [4.78, 5) is 17.4. The van der Waals surface area contributed by atoms with Crippen LogP contribution in [0.1, 0.15) is 71.1 Å². The molecular weight excluding hydrogens is 655 g/mol. The van der Waals surface area contributed by atoms with Crippen LogP contribution < -0.4 is 0 Å². The second kappa shape index (κ2) is 12.8. The SMILES string of the molecule is CC(=O)/C=C(/C)O.Cc1[c-]c(-c2ccc3cc(-c4ccc(C(C)C)cc4)sc3n2)cc(C(C)(C)C)c1.[Ir]. The Morgan fingerprint density at radius 2 is 1.68 bits per heavy atom. The molecule has 197 valence electrons. The Balaban J connectivity index is 0.000000532. The number of aliphatic hydroxyl groups excluding tert-OH is 1. The largest absolute Gasteiger partial charge is 0.512 e. The first-order valence-corrected chi connectivity index (χ1v) is 13.1. The number of hydrogen-bond acceptors (Lipinski definition) is 4. The summed E-state index contributed by atoms with van der Waals surface area (Å²) in [6, 6.07) is 23.4. The molecule has 37 heavy (non-hydrogen) atoms. The van der Waals surface area contributed by atoms with Crippen molar-refractivity contribution in [1.29, 1.82) is 0 Å². The molecule has 4 aromatic rings. The van der Waals surface area contributed by atoms with Crippen LogP contribution >= 0.6 is 11.3 Å². The predicted octanol–water partition coefficient (Wildman–Crippen LogP) is 9.19. The Morgan fingerprint density at radius 3 is 2.19 bits per heavy atom. The molecule has 2 aromatic carbocycles. The third-order valence-electron chi connectivity index (χ3n) is 5.80. The molecule has 3 nitrogen and oxygen atoms in total. The summed E-state index contributed by atoms with van der Waals surface area (Å²) in [5, 5.41) is 9.56. The Bertz CT molecular complexity index is 1390. The van der Waals surface area contributed by atoms with Gasteiger partial charge in [0.25, 0.3) is 0 Å². The van der Waals surface area contributed by atoms with E-state index in [1.807, 2.05) is 0 Å². The van der Waals surface area contributed by atoms with Gasteiger partial charge in [0.2, 0.25) is 0 Å². The van der Waals surface area contributed by atoms with E-state index in [4.69, 9.17) is 10.1 Å². The fourth-order valence-corrected chi connectivity index (χ4v) is 4.86. The quantitative estimate of drug-likeness (QED) is 0.132. The molecule has 0 spiro atoms. The molecule has 0 bridgehead atoms. The van der Waals surface area contributed by atoms with Gasteiger partial charge < -0.3 is 5.11 Å². The van der Waals surface area contributed by atoms with E-state index in [-0.39, 0.29) is 37.1 Å². The summed E-state index contributed by atoms with van der Waals surface area (Å²) in [5.74, 6) is 0.492. The van der Waals surface area contributed by atoms with Crippen molar-refractivity contribution in [2.75, 3.05) is 0 Å². The molecular formula is C32H36IrNO2S-. The van der Waals surface area contributed by atoms with Crippen LogP contribution in [0.15, 0.2) is 66.4 Å². The third kappa shape index (κ3) is 8.46. The minimum Gasteiger partial charge on any atom is -0.512 e. The maximum atomic E-state index is 10.0. The van der Waals surface area contributed by atoms with Crippen LogP contribution in [0.2, 0.25) is 0 Å². The van der Waals surface area contributed by atoms with Crippen LogP contribution in [-0.2, 0) is 30.3 Å². The van der Waals surface area contributed by atoms with Gasteiger partial charge in [0.15, 0.2) is 5.78 Å². The van der Waals surface area contributed by atoms with Gasteiger partial charge in [0.1, 0.15) is 4.83 Å². The fraction of sp³-hybridized carbons (Fsp3) is 0.312. The molecule has 0 saturated carbocycles. The van der Waals surface area contributed by atoms with E-state index in [0.717, 1.165) is 21.7 Å². The molecule has 4 rings (SSSR count). The summed E-state index contributed by atoms with van der Waals surface area (Å²) in [6.07, 6.45) is 1.17. The summed E-state index contributed by atoms with van der Waals surface area (Å²) in [5.41, 5.74) is 7.30. The van der Waals surface area contributed by atoms with Crippen LogP contribution in [0, 0.1) is 13.0 Å². The number of allylic oxidation sites excluding steroid dienone is 2. The average Bonchev–Trinajstić information content (AvgIpc) is 3.21. The Hall–Kier alpha value is -2.59. The van der Waals surface area contributed by atoms with Crippen molar-refractivity contribution in [3.63, 3.8) is 0 Å². The van der Waals surface area contributed by atoms with E-state index in [0.29, 0.717) is 5.92 Å². The average molecular weight is 691 g/mol. The molecule has 0 aliphatic carbocycles. The molecule has 1 N–H and O–H groups in total. The fourth-order valence-electron chi connectivity index (χ4n) is 3.82. The van der Waals surface area contributed by atoms with Crippen LogP contribution in [0.3, 0.4) is 0 Å². The molecule has 0 aliphatic heterocycles. The van der Waals surface area contributed by atoms with Crippen LogP contribution in [0.25, 0.3) is 31.9 Å². The number of rotatable bonds is 4. The number of hydrogen-bond donors (Lipinski definition) is 1. The van der Waals surface area contributed by atoms with Crippen LogP contribution in [0.5, 0.6) is 0 Å². The van der Waals surface area contributed by atoms with Gasteiger partial charge in [-0.2, -0.15) is 0 Å². The molecule has 2 aromatic heterocycles. The molecule has 0 saturated heterocycles. The number of thiophene rings is 1. The van der Waals surface area contributed by atoms with Gasteiger partial charge >= 0.3 is 0 Å². The second-order valence-electron chi connectivity index (χ2n) is 10.6. The van der Waals surface area contributed by atoms with E-state index in [9.17, 15) is 4.79 Å². The zero-order valence-electron chi connectivity index (χ0n) is 22.9. The van der Waals surface area contributed by atoms with Gasteiger partial charge in [-0.05, 0) is 48.1 Å². The number of ketones is 1. The van der Waals surface area contributed by atoms with Crippen molar-refractivity contribution >= 4 is 27.3 Å². The minimum absolute atomic E-state index is 0. The van der Waals surface area contributed by atoms with Crippen molar-refractivity contribution in [3.05, 3.63) is 89.2 Å². The van der Waals surface area contributed by atoms with E-state index in [1.165, 1.54) is 46.9 Å². The molecule has 0 aliphatic rings. The normalized spacial score (nSPS) is 11.6. The molecule has 1 radical (unpaired) electrons. The number of pyridine rings is 1. The van der Waals surface area contributed by atoms with Gasteiger partial charge in [-0.25, -0.2) is 0 Å². The number of aliphatic hydroxyl groups is 1. The zero-order valence-corrected chi connectivity index (χ0v) is 26.1. The maximum absolute atomic E-state index is 10.0. The van der Waals surface area contributed by atoms with E-state index in [1.54, 1.807) is 11.3 Å². The number of fused-ring (bicyclic) bond motifs is 1. The number of carbonyl (C=O) groups is 1. The molecule has 0 amide bonds. The van der Waals surface area contributed by atoms with E-state index in [2.05, 4.69) is 102 Å². The molecule has 0 unspecified atom stereocenters. The topological polar surface area (TPSA) is 50.2 Å². The van der Waals surface area contributed by atoms with Crippen LogP contribution in [-0.4, -0.2) is 15.9 Å². The minimum atomic E-state index is -0.125. The number of carbonyl (C=O) groups excluding carboxylic acids is 1. The first kappa shape index (κ1) is 30.6. The second-order valence-corrected chi connectivity index (χ2v) is 11.6. The van der Waals surface area contributed by atoms with Crippen molar-refractivity contribution < 1.29 is 30.0 Å². The summed E-state index contributed by atoms with van der Waals surface area (Å²) < 4.78 is 0. The summed E-state index contributed by atoms with van der Waals surface area (Å²) in [7, 11) is 0. The maximum Gasteiger partial charge on any atom is 0.155 e. The smallest absolute Gasteiger partial charge is 0.155 e. The van der Waals surface area contributed by atoms with Gasteiger partial charge in [-0.1, -0.05) is 77.9 Å². The van der Waals surface area contributed by atoms with Crippen molar-refractivity contribution in [1.82, 2.24) is 4.98 Å². The monoisotopic (exact) mass is 691 g/mol. The van der Waals surface area contributed by atoms with Gasteiger partial charge in [0.05, 0.1) is 5.76 Å². The summed E-state index contributed by atoms with van der Waals surface area (Å²) in [6.45, 7) is 16.2. The predicted molar refractivity (Wildman–Crippen MR) is 154 cm³/mol. The molecule has 0 atom stereocenters. The summed E-state index contributed by atoms with van der Waals surface area (Å²) >= 11 is 1.76. The molecule has 5 heteroatoms. The standard InChI is InChI=1S/C27H28NS.C5H8O2.Ir/c1-17(2)19-7-9-20(10-8-19)25-16-21-11-12-24(28-26(21)29-25)22-13-18(3)14-23(15-22)27(4,5)6;1-4(6)3-5(2)7;/h7-12,14-17H,1-6H3;3,6H,1-2H3;/q-1;;/b;4-3-;. The van der Waals surface area contributed by atoms with Gasteiger partial charge in [-0.15, -0.1) is 46.2 Å². The van der Waals surface area contributed by atoms with Crippen molar-refractivity contribution in [2.24, 2.45) is 0 Å². The van der Waals surface area contributed by atoms with E-state index < -0.39 is 0 Å². The van der Waals surface area contributed by atoms with Crippen molar-refractivity contribution in [3.8, 4) is 21.7 Å². The van der Waals surface area contributed by atoms with Crippen LogP contribution in [0.4, 0.5) is 0 Å². The number of benzene rings is 2. The third-order valence-corrected chi connectivity index (χ3v) is 6.90. The van der Waals surface area contributed by atoms with Gasteiger partial charge in [-0.3, -0.25) is 9.78 Å². The van der Waals surface area contributed by atoms with Gasteiger partial charge in [0, 0.05) is 36.4 Å². The van der Waals surface area contributed by atoms with Crippen molar-refractivity contribution in [2.45, 2.75) is 66.7 Å². The first-order valence-electron chi connectivity index (χ1n) is 12.3. The molecule has 2 heterocycles. The Labute approximate surface area is 239 Å². The Kier molecular flexibility index (Phi) is 10.6. The number of nitrogens with zero attached hydrogens (tertiary/aromatic N) is 1. The Morgan fingerprint density at radius 1 is 1.03 bits per heavy atom.